The Kier molecular flexibility index (Phi) is 3.46. The molecule has 2 N–H and O–H groups in total. The first-order valence-electron chi connectivity index (χ1n) is 5.48. The molecule has 1 fully saturated rings. The third-order valence-electron chi connectivity index (χ3n) is 2.91. The van der Waals surface area contributed by atoms with Gasteiger partial charge in [0.1, 0.15) is 0 Å². The number of aliphatic hydroxyl groups is 1. The zero-order valence-electron chi connectivity index (χ0n) is 8.97. The molecule has 0 aromatic carbocycles. The third-order valence-corrected chi connectivity index (χ3v) is 2.91. The Balaban J connectivity index is 1.80. The van der Waals surface area contributed by atoms with Gasteiger partial charge >= 0.3 is 0 Å². The molecule has 1 aliphatic rings. The second-order valence-electron chi connectivity index (χ2n) is 4.17. The monoisotopic (exact) mass is 221 g/mol. The van der Waals surface area contributed by atoms with Gasteiger partial charge < -0.3 is 10.4 Å². The highest BCUT2D eigenvalue weighted by molar-refractivity contribution is 5.93. The average Bonchev–Trinajstić information content (AvgIpc) is 2.73. The van der Waals surface area contributed by atoms with Gasteiger partial charge in [-0.25, -0.2) is 0 Å². The van der Waals surface area contributed by atoms with Crippen LogP contribution in [0, 0.1) is 5.92 Å². The van der Waals surface area contributed by atoms with Crippen LogP contribution >= 0.6 is 0 Å². The standard InChI is InChI=1S/C11H15N3O2/c15-10-2-1-8(5-10)6-12-11(16)9-3-4-13-14-7-9/h3-4,7-8,10,15H,1-2,5-6H2,(H,12,16). The largest absolute Gasteiger partial charge is 0.393 e. The SMILES string of the molecule is O=C(NCC1CCC(O)C1)c1ccnnc1. The Morgan fingerprint density at radius 1 is 1.50 bits per heavy atom. The molecule has 0 radical (unpaired) electrons. The predicted octanol–water partition coefficient (Wildman–Crippen LogP) is 0.367. The first kappa shape index (κ1) is 11.0. The lowest BCUT2D eigenvalue weighted by Crippen LogP contribution is -2.28. The summed E-state index contributed by atoms with van der Waals surface area (Å²) in [4.78, 5) is 11.6. The van der Waals surface area contributed by atoms with Crippen LogP contribution in [0.15, 0.2) is 18.5 Å². The first-order valence-corrected chi connectivity index (χ1v) is 5.48. The van der Waals surface area contributed by atoms with Gasteiger partial charge in [-0.3, -0.25) is 4.79 Å². The number of aromatic nitrogens is 2. The number of nitrogens with one attached hydrogen (secondary N) is 1. The van der Waals surface area contributed by atoms with Gasteiger partial charge in [0.25, 0.3) is 5.91 Å². The van der Waals surface area contributed by atoms with Gasteiger partial charge in [0, 0.05) is 6.54 Å². The molecule has 1 amide bonds. The lowest BCUT2D eigenvalue weighted by molar-refractivity contribution is 0.0944. The molecule has 86 valence electrons. The maximum atomic E-state index is 11.6. The Hall–Kier alpha value is -1.49. The van der Waals surface area contributed by atoms with Crippen molar-refractivity contribution in [2.45, 2.75) is 25.4 Å². The Morgan fingerprint density at radius 3 is 3.00 bits per heavy atom. The van der Waals surface area contributed by atoms with E-state index in [1.165, 1.54) is 12.4 Å². The van der Waals surface area contributed by atoms with Crippen LogP contribution in [-0.4, -0.2) is 33.9 Å². The van der Waals surface area contributed by atoms with E-state index in [1.54, 1.807) is 6.07 Å². The molecule has 16 heavy (non-hydrogen) atoms. The number of rotatable bonds is 3. The van der Waals surface area contributed by atoms with E-state index in [0.717, 1.165) is 19.3 Å². The van der Waals surface area contributed by atoms with Crippen LogP contribution in [0.4, 0.5) is 0 Å². The minimum absolute atomic E-state index is 0.128. The van der Waals surface area contributed by atoms with E-state index >= 15 is 0 Å². The summed E-state index contributed by atoms with van der Waals surface area (Å²) in [6, 6.07) is 1.63. The highest BCUT2D eigenvalue weighted by atomic mass is 16.3. The maximum absolute atomic E-state index is 11.6. The minimum Gasteiger partial charge on any atom is -0.393 e. The van der Waals surface area contributed by atoms with Crippen LogP contribution < -0.4 is 5.32 Å². The molecule has 0 spiro atoms. The second-order valence-corrected chi connectivity index (χ2v) is 4.17. The van der Waals surface area contributed by atoms with E-state index in [0.29, 0.717) is 18.0 Å². The average molecular weight is 221 g/mol. The van der Waals surface area contributed by atoms with Crippen LogP contribution in [0.1, 0.15) is 29.6 Å². The number of nitrogens with zero attached hydrogens (tertiary/aromatic N) is 2. The molecule has 2 unspecified atom stereocenters. The molecule has 1 aromatic heterocycles. The summed E-state index contributed by atoms with van der Waals surface area (Å²) in [5, 5.41) is 19.5. The van der Waals surface area contributed by atoms with Crippen molar-refractivity contribution in [1.82, 2.24) is 15.5 Å². The number of amides is 1. The molecule has 1 aromatic rings. The van der Waals surface area contributed by atoms with Crippen LogP contribution in [0.25, 0.3) is 0 Å². The zero-order valence-corrected chi connectivity index (χ0v) is 8.97. The molecule has 2 rings (SSSR count). The normalized spacial score (nSPS) is 24.3. The summed E-state index contributed by atoms with van der Waals surface area (Å²) in [7, 11) is 0. The van der Waals surface area contributed by atoms with E-state index in [2.05, 4.69) is 15.5 Å². The summed E-state index contributed by atoms with van der Waals surface area (Å²) in [5.41, 5.74) is 0.522. The summed E-state index contributed by atoms with van der Waals surface area (Å²) < 4.78 is 0. The van der Waals surface area contributed by atoms with Crippen molar-refractivity contribution in [1.29, 1.82) is 0 Å². The molecule has 0 bridgehead atoms. The fourth-order valence-corrected chi connectivity index (χ4v) is 2.00. The van der Waals surface area contributed by atoms with E-state index in [9.17, 15) is 9.90 Å². The van der Waals surface area contributed by atoms with Crippen molar-refractivity contribution in [3.05, 3.63) is 24.0 Å². The molecule has 1 saturated carbocycles. The van der Waals surface area contributed by atoms with Crippen LogP contribution in [0.2, 0.25) is 0 Å². The Morgan fingerprint density at radius 2 is 2.38 bits per heavy atom. The molecule has 5 heteroatoms. The van der Waals surface area contributed by atoms with E-state index in [-0.39, 0.29) is 12.0 Å². The van der Waals surface area contributed by atoms with E-state index in [1.807, 2.05) is 0 Å². The highest BCUT2D eigenvalue weighted by Crippen LogP contribution is 2.24. The molecule has 0 aliphatic heterocycles. The van der Waals surface area contributed by atoms with Crippen molar-refractivity contribution >= 4 is 5.91 Å². The minimum atomic E-state index is -0.190. The molecular formula is C11H15N3O2. The summed E-state index contributed by atoms with van der Waals surface area (Å²) in [6.45, 7) is 0.623. The molecule has 1 heterocycles. The zero-order chi connectivity index (χ0) is 11.4. The molecular weight excluding hydrogens is 206 g/mol. The van der Waals surface area contributed by atoms with Gasteiger partial charge in [-0.15, -0.1) is 0 Å². The molecule has 1 aliphatic carbocycles. The van der Waals surface area contributed by atoms with Crippen LogP contribution in [0.5, 0.6) is 0 Å². The molecule has 2 atom stereocenters. The van der Waals surface area contributed by atoms with Crippen molar-refractivity contribution in [2.24, 2.45) is 5.92 Å². The first-order chi connectivity index (χ1) is 7.75. The van der Waals surface area contributed by atoms with Gasteiger partial charge in [-0.1, -0.05) is 0 Å². The van der Waals surface area contributed by atoms with Crippen LogP contribution in [-0.2, 0) is 0 Å². The Labute approximate surface area is 93.9 Å². The highest BCUT2D eigenvalue weighted by Gasteiger charge is 2.23. The van der Waals surface area contributed by atoms with Crippen molar-refractivity contribution in [3.8, 4) is 0 Å². The van der Waals surface area contributed by atoms with Gasteiger partial charge in [0.2, 0.25) is 0 Å². The van der Waals surface area contributed by atoms with Gasteiger partial charge in [-0.05, 0) is 31.2 Å². The topological polar surface area (TPSA) is 75.1 Å². The number of carbonyl (C=O) groups excluding carboxylic acids is 1. The quantitative estimate of drug-likeness (QED) is 0.773. The van der Waals surface area contributed by atoms with Gasteiger partial charge in [-0.2, -0.15) is 10.2 Å². The smallest absolute Gasteiger partial charge is 0.252 e. The van der Waals surface area contributed by atoms with Crippen LogP contribution in [0.3, 0.4) is 0 Å². The maximum Gasteiger partial charge on any atom is 0.252 e. The predicted molar refractivity (Wildman–Crippen MR) is 57.7 cm³/mol. The van der Waals surface area contributed by atoms with Crippen molar-refractivity contribution in [3.63, 3.8) is 0 Å². The lowest BCUT2D eigenvalue weighted by atomic mass is 10.1. The van der Waals surface area contributed by atoms with Crippen molar-refractivity contribution in [2.75, 3.05) is 6.54 Å². The number of aliphatic hydroxyl groups excluding tert-OH is 1. The Bertz CT molecular complexity index is 356. The fourth-order valence-electron chi connectivity index (χ4n) is 2.00. The summed E-state index contributed by atoms with van der Waals surface area (Å²) in [6.07, 6.45) is 5.36. The second kappa shape index (κ2) is 5.03. The van der Waals surface area contributed by atoms with Gasteiger partial charge in [0.05, 0.1) is 24.1 Å². The van der Waals surface area contributed by atoms with Crippen molar-refractivity contribution < 1.29 is 9.90 Å². The van der Waals surface area contributed by atoms with E-state index in [4.69, 9.17) is 0 Å². The fraction of sp³-hybridized carbons (Fsp3) is 0.545. The van der Waals surface area contributed by atoms with E-state index < -0.39 is 0 Å². The lowest BCUT2D eigenvalue weighted by Gasteiger charge is -2.10. The molecule has 5 nitrogen and oxygen atoms in total. The van der Waals surface area contributed by atoms with Gasteiger partial charge in [0.15, 0.2) is 0 Å². The number of hydrogen-bond acceptors (Lipinski definition) is 4. The third kappa shape index (κ3) is 2.76. The summed E-state index contributed by atoms with van der Waals surface area (Å²) >= 11 is 0. The number of hydrogen-bond donors (Lipinski definition) is 2. The molecule has 0 saturated heterocycles. The summed E-state index contributed by atoms with van der Waals surface area (Å²) in [5.74, 6) is 0.269. The number of carbonyl (C=O) groups is 1.